The van der Waals surface area contributed by atoms with Gasteiger partial charge < -0.3 is 15.5 Å². The van der Waals surface area contributed by atoms with Gasteiger partial charge in [-0.25, -0.2) is 22.0 Å². The van der Waals surface area contributed by atoms with Gasteiger partial charge in [0.15, 0.2) is 23.8 Å². The van der Waals surface area contributed by atoms with Crippen LogP contribution in [-0.2, 0) is 11.2 Å². The minimum Gasteiger partial charge on any atom is -0.504 e. The number of fused-ring (bicyclic) bond motifs is 1. The Kier molecular flexibility index (Phi) is 9.43. The van der Waals surface area contributed by atoms with E-state index in [1.165, 1.54) is 14.1 Å². The van der Waals surface area contributed by atoms with Crippen LogP contribution in [0.2, 0.25) is 0 Å². The molecule has 4 atom stereocenters. The van der Waals surface area contributed by atoms with Crippen LogP contribution in [0.3, 0.4) is 0 Å². The molecule has 1 aliphatic heterocycles. The van der Waals surface area contributed by atoms with Gasteiger partial charge in [0.2, 0.25) is 6.17 Å². The highest BCUT2D eigenvalue weighted by molar-refractivity contribution is 5.85. The summed E-state index contributed by atoms with van der Waals surface area (Å²) < 4.78 is 232. The molecule has 3 N–H and O–H groups in total. The number of nitrogens with one attached hydrogen (secondary N) is 1. The van der Waals surface area contributed by atoms with E-state index in [-0.39, 0.29) is 11.3 Å². The molecule has 1 aliphatic rings. The molecule has 0 radical (unpaired) electrons. The molecule has 0 aliphatic carbocycles. The number of phenolic OH excluding ortho intramolecular Hbond substituents is 2. The number of rotatable bonds is 11. The second kappa shape index (κ2) is 11.1. The van der Waals surface area contributed by atoms with Crippen molar-refractivity contribution < 1.29 is 89.6 Å². The molecular formula is C22H20F17N2O3+. The average Bonchev–Trinajstić information content (AvgIpc) is 2.87. The van der Waals surface area contributed by atoms with Gasteiger partial charge in [0.1, 0.15) is 12.2 Å². The molecule has 0 bridgehead atoms. The Morgan fingerprint density at radius 1 is 0.773 bits per heavy atom. The van der Waals surface area contributed by atoms with Gasteiger partial charge in [-0.15, -0.1) is 0 Å². The van der Waals surface area contributed by atoms with Crippen LogP contribution >= 0.6 is 0 Å². The molecule has 1 amide bonds. The van der Waals surface area contributed by atoms with Gasteiger partial charge in [0.25, 0.3) is 12.3 Å². The van der Waals surface area contributed by atoms with Crippen LogP contribution in [0.25, 0.3) is 0 Å². The fourth-order valence-electron chi connectivity index (χ4n) is 4.31. The van der Waals surface area contributed by atoms with Gasteiger partial charge in [-0.1, -0.05) is 0 Å². The molecule has 0 saturated carbocycles. The number of quaternary nitrogens is 1. The zero-order valence-electron chi connectivity index (χ0n) is 21.6. The second-order valence-electron chi connectivity index (χ2n) is 10.3. The monoisotopic (exact) mass is 683 g/mol. The number of amides is 1. The first-order valence-electron chi connectivity index (χ1n) is 11.6. The maximum Gasteiger partial charge on any atom is 0.392 e. The van der Waals surface area contributed by atoms with Crippen LogP contribution in [0, 0.1) is 0 Å². The van der Waals surface area contributed by atoms with Crippen molar-refractivity contribution in [1.29, 1.82) is 0 Å². The van der Waals surface area contributed by atoms with Crippen LogP contribution in [0.5, 0.6) is 11.5 Å². The Morgan fingerprint density at radius 2 is 1.23 bits per heavy atom. The maximum absolute atomic E-state index is 14.4. The number of hydrogen-bond donors (Lipinski definition) is 3. The summed E-state index contributed by atoms with van der Waals surface area (Å²) in [5.74, 6) is -53.1. The lowest BCUT2D eigenvalue weighted by Gasteiger charge is -2.42. The van der Waals surface area contributed by atoms with Crippen LogP contribution in [0.1, 0.15) is 5.56 Å². The Hall–Kier alpha value is -2.94. The number of nitrogens with zero attached hydrogens (tertiary/aromatic N) is 1. The lowest BCUT2D eigenvalue weighted by molar-refractivity contribution is -0.426. The van der Waals surface area contributed by atoms with Gasteiger partial charge in [0, 0.05) is 18.1 Å². The number of phenols is 2. The molecule has 0 fully saturated rings. The summed E-state index contributed by atoms with van der Waals surface area (Å²) in [5, 5.41) is 20.3. The van der Waals surface area contributed by atoms with E-state index in [0.717, 1.165) is 17.4 Å². The van der Waals surface area contributed by atoms with Crippen molar-refractivity contribution in [1.82, 2.24) is 9.80 Å². The van der Waals surface area contributed by atoms with Crippen molar-refractivity contribution in [2.75, 3.05) is 20.6 Å². The van der Waals surface area contributed by atoms with Gasteiger partial charge >= 0.3 is 35.5 Å². The number of benzene rings is 1. The molecule has 44 heavy (non-hydrogen) atoms. The lowest BCUT2D eigenvalue weighted by atomic mass is 9.88. The van der Waals surface area contributed by atoms with Crippen molar-refractivity contribution in [3.8, 4) is 11.5 Å². The predicted octanol–water partition coefficient (Wildman–Crippen LogP) is 5.80. The highest BCUT2D eigenvalue weighted by atomic mass is 19.4. The van der Waals surface area contributed by atoms with Crippen molar-refractivity contribution >= 4 is 11.6 Å². The highest BCUT2D eigenvalue weighted by Crippen LogP contribution is 2.61. The zero-order valence-corrected chi connectivity index (χ0v) is 21.6. The Labute approximate surface area is 234 Å². The Balaban J connectivity index is 2.44. The SMILES string of the molecule is C[N+]1(C)CC(NC(=O)C(F)(F)C(F)(F)C(F)(F)C(F)(F)C(F)(F)C(F)(F)C(F)C(F)C(F)C(F)F)Cc2cc(O)c(O)cc21. The minimum absolute atomic E-state index is 0.0648. The van der Waals surface area contributed by atoms with Gasteiger partial charge in [-0.05, 0) is 6.07 Å². The van der Waals surface area contributed by atoms with E-state index >= 15 is 0 Å². The summed E-state index contributed by atoms with van der Waals surface area (Å²) in [5.41, 5.74) is 0.0801. The molecule has 254 valence electrons. The molecule has 1 heterocycles. The standard InChI is InChI=1S/C22H19F17N2O3/c1-41(2)6-8(3-7-4-10(42)11(43)5-9(7)41)40-16(44)18(30,31)20(34,35)22(38,39)21(36,37)19(32,33)17(28,29)14(25)12(23)13(24)15(26)27/h4-5,8,12-15H,3,6H2,1-2H3,(H2-,40,42,43,44)/p+1. The molecule has 0 saturated heterocycles. The largest absolute Gasteiger partial charge is 0.504 e. The van der Waals surface area contributed by atoms with Crippen molar-refractivity contribution in [3.63, 3.8) is 0 Å². The molecule has 2 rings (SSSR count). The second-order valence-corrected chi connectivity index (χ2v) is 10.3. The van der Waals surface area contributed by atoms with E-state index in [9.17, 15) is 89.6 Å². The molecule has 1 aromatic rings. The lowest BCUT2D eigenvalue weighted by Crippen LogP contribution is -2.74. The molecule has 5 nitrogen and oxygen atoms in total. The average molecular weight is 683 g/mol. The Morgan fingerprint density at radius 3 is 1.70 bits per heavy atom. The van der Waals surface area contributed by atoms with E-state index < -0.39 is 101 Å². The first-order chi connectivity index (χ1) is 19.4. The molecule has 4 unspecified atom stereocenters. The quantitative estimate of drug-likeness (QED) is 0.157. The van der Waals surface area contributed by atoms with Crippen LogP contribution in [0.15, 0.2) is 12.1 Å². The minimum atomic E-state index is -8.50. The van der Waals surface area contributed by atoms with Crippen LogP contribution in [0.4, 0.5) is 80.3 Å². The van der Waals surface area contributed by atoms with Gasteiger partial charge in [-0.3, -0.25) is 9.28 Å². The topological polar surface area (TPSA) is 69.6 Å². The van der Waals surface area contributed by atoms with Gasteiger partial charge in [0.05, 0.1) is 20.1 Å². The normalized spacial score (nSPS) is 20.6. The summed E-state index contributed by atoms with van der Waals surface area (Å²) in [7, 11) is 2.51. The highest BCUT2D eigenvalue weighted by Gasteiger charge is 2.92. The van der Waals surface area contributed by atoms with E-state index in [1.807, 2.05) is 0 Å². The molecular weight excluding hydrogens is 663 g/mol. The van der Waals surface area contributed by atoms with E-state index in [4.69, 9.17) is 0 Å². The van der Waals surface area contributed by atoms with Crippen LogP contribution in [-0.4, -0.2) is 103 Å². The maximum atomic E-state index is 14.4. The number of hydrogen-bond acceptors (Lipinski definition) is 3. The summed E-state index contributed by atoms with van der Waals surface area (Å²) in [6.07, 6.45) is -21.2. The van der Waals surface area contributed by atoms with E-state index in [2.05, 4.69) is 0 Å². The Bertz CT molecular complexity index is 1240. The first-order valence-corrected chi connectivity index (χ1v) is 11.6. The van der Waals surface area contributed by atoms with Crippen LogP contribution < -0.4 is 9.80 Å². The van der Waals surface area contributed by atoms with Gasteiger partial charge in [-0.2, -0.15) is 52.7 Å². The number of alkyl halides is 17. The van der Waals surface area contributed by atoms with Crippen molar-refractivity contribution in [2.24, 2.45) is 0 Å². The molecule has 0 spiro atoms. The third-order valence-electron chi connectivity index (χ3n) is 6.76. The number of carbonyl (C=O) groups excluding carboxylic acids is 1. The summed E-state index contributed by atoms with van der Waals surface area (Å²) in [6, 6.07) is 0.00485. The fourth-order valence-corrected chi connectivity index (χ4v) is 4.31. The number of halogens is 17. The number of likely N-dealkylation sites (N-methyl/N-ethyl adjacent to an activating group) is 1. The zero-order chi connectivity index (χ0) is 34.8. The summed E-state index contributed by atoms with van der Waals surface area (Å²) in [6.45, 7) is -0.585. The molecule has 0 aromatic heterocycles. The number of aromatic hydroxyl groups is 2. The number of carbonyl (C=O) groups is 1. The third kappa shape index (κ3) is 5.54. The summed E-state index contributed by atoms with van der Waals surface area (Å²) in [4.78, 5) is 12.0. The first kappa shape index (κ1) is 37.2. The molecule has 1 aromatic carbocycles. The smallest absolute Gasteiger partial charge is 0.392 e. The van der Waals surface area contributed by atoms with E-state index in [1.54, 1.807) is 0 Å². The van der Waals surface area contributed by atoms with Crippen molar-refractivity contribution in [3.05, 3.63) is 17.7 Å². The molecule has 22 heteroatoms. The third-order valence-corrected chi connectivity index (χ3v) is 6.76. The predicted molar refractivity (Wildman–Crippen MR) is 114 cm³/mol. The summed E-state index contributed by atoms with van der Waals surface area (Å²) >= 11 is 0. The van der Waals surface area contributed by atoms with E-state index in [0.29, 0.717) is 0 Å². The van der Waals surface area contributed by atoms with Crippen molar-refractivity contribution in [2.45, 2.75) is 72.9 Å². The fraction of sp³-hybridized carbons (Fsp3) is 0.682.